The SMILES string of the molecule is C=C(C)CNC(=O)Cc1cccc(F)c1. The van der Waals surface area contributed by atoms with Crippen molar-refractivity contribution in [3.8, 4) is 0 Å². The monoisotopic (exact) mass is 207 g/mol. The fourth-order valence-electron chi connectivity index (χ4n) is 1.14. The molecule has 0 saturated heterocycles. The molecule has 1 rings (SSSR count). The molecule has 0 aromatic heterocycles. The maximum Gasteiger partial charge on any atom is 0.224 e. The van der Waals surface area contributed by atoms with Crippen LogP contribution in [0, 0.1) is 5.82 Å². The smallest absolute Gasteiger partial charge is 0.224 e. The molecule has 0 fully saturated rings. The molecule has 0 heterocycles. The zero-order valence-electron chi connectivity index (χ0n) is 8.72. The Balaban J connectivity index is 2.48. The highest BCUT2D eigenvalue weighted by atomic mass is 19.1. The van der Waals surface area contributed by atoms with Crippen molar-refractivity contribution in [3.05, 3.63) is 47.8 Å². The molecule has 1 amide bonds. The number of nitrogens with one attached hydrogen (secondary N) is 1. The van der Waals surface area contributed by atoms with Crippen LogP contribution < -0.4 is 5.32 Å². The molecule has 3 heteroatoms. The molecule has 0 aliphatic rings. The summed E-state index contributed by atoms with van der Waals surface area (Å²) >= 11 is 0. The number of hydrogen-bond acceptors (Lipinski definition) is 1. The molecule has 1 N–H and O–H groups in total. The van der Waals surface area contributed by atoms with Gasteiger partial charge in [0.15, 0.2) is 0 Å². The average molecular weight is 207 g/mol. The minimum Gasteiger partial charge on any atom is -0.352 e. The summed E-state index contributed by atoms with van der Waals surface area (Å²) in [6.45, 7) is 5.98. The predicted octanol–water partition coefficient (Wildman–Crippen LogP) is 2.06. The van der Waals surface area contributed by atoms with E-state index in [9.17, 15) is 9.18 Å². The lowest BCUT2D eigenvalue weighted by atomic mass is 10.1. The highest BCUT2D eigenvalue weighted by Crippen LogP contribution is 2.04. The van der Waals surface area contributed by atoms with E-state index in [0.717, 1.165) is 5.57 Å². The summed E-state index contributed by atoms with van der Waals surface area (Å²) in [4.78, 5) is 11.4. The molecule has 0 radical (unpaired) electrons. The van der Waals surface area contributed by atoms with Gasteiger partial charge in [-0.3, -0.25) is 4.79 Å². The van der Waals surface area contributed by atoms with Crippen LogP contribution in [-0.2, 0) is 11.2 Å². The van der Waals surface area contributed by atoms with Gasteiger partial charge in [0.1, 0.15) is 5.82 Å². The molecule has 0 aliphatic carbocycles. The summed E-state index contributed by atoms with van der Waals surface area (Å²) in [5, 5.41) is 2.69. The van der Waals surface area contributed by atoms with E-state index >= 15 is 0 Å². The second-order valence-electron chi connectivity index (χ2n) is 3.54. The van der Waals surface area contributed by atoms with Crippen molar-refractivity contribution < 1.29 is 9.18 Å². The average Bonchev–Trinajstić information content (AvgIpc) is 2.15. The van der Waals surface area contributed by atoms with Gasteiger partial charge < -0.3 is 5.32 Å². The second kappa shape index (κ2) is 5.29. The Bertz CT molecular complexity index is 374. The van der Waals surface area contributed by atoms with Crippen molar-refractivity contribution in [1.29, 1.82) is 0 Å². The number of rotatable bonds is 4. The zero-order chi connectivity index (χ0) is 11.3. The number of carbonyl (C=O) groups excluding carboxylic acids is 1. The summed E-state index contributed by atoms with van der Waals surface area (Å²) in [7, 11) is 0. The first-order valence-electron chi connectivity index (χ1n) is 4.73. The largest absolute Gasteiger partial charge is 0.352 e. The molecule has 0 saturated carbocycles. The summed E-state index contributed by atoms with van der Waals surface area (Å²) < 4.78 is 12.8. The third-order valence-corrected chi connectivity index (χ3v) is 1.84. The lowest BCUT2D eigenvalue weighted by molar-refractivity contribution is -0.120. The predicted molar refractivity (Wildman–Crippen MR) is 57.9 cm³/mol. The van der Waals surface area contributed by atoms with Gasteiger partial charge in [-0.05, 0) is 24.6 Å². The summed E-state index contributed by atoms with van der Waals surface area (Å²) in [5.74, 6) is -0.441. The van der Waals surface area contributed by atoms with Gasteiger partial charge >= 0.3 is 0 Å². The number of halogens is 1. The van der Waals surface area contributed by atoms with Crippen LogP contribution in [0.4, 0.5) is 4.39 Å². The van der Waals surface area contributed by atoms with Crippen LogP contribution in [0.25, 0.3) is 0 Å². The van der Waals surface area contributed by atoms with E-state index < -0.39 is 0 Å². The minimum atomic E-state index is -0.319. The first kappa shape index (κ1) is 11.4. The van der Waals surface area contributed by atoms with Crippen molar-refractivity contribution in [2.45, 2.75) is 13.3 Å². The zero-order valence-corrected chi connectivity index (χ0v) is 8.72. The fraction of sp³-hybridized carbons (Fsp3) is 0.250. The van der Waals surface area contributed by atoms with Crippen LogP contribution in [0.15, 0.2) is 36.4 Å². The molecule has 0 atom stereocenters. The molecular formula is C12H14FNO. The number of benzene rings is 1. The van der Waals surface area contributed by atoms with Gasteiger partial charge in [-0.15, -0.1) is 0 Å². The number of amides is 1. The first-order valence-corrected chi connectivity index (χ1v) is 4.73. The quantitative estimate of drug-likeness (QED) is 0.752. The van der Waals surface area contributed by atoms with Crippen molar-refractivity contribution in [1.82, 2.24) is 5.32 Å². The maximum atomic E-state index is 12.8. The number of hydrogen-bond donors (Lipinski definition) is 1. The van der Waals surface area contributed by atoms with Gasteiger partial charge in [0.25, 0.3) is 0 Å². The van der Waals surface area contributed by atoms with Gasteiger partial charge in [0.05, 0.1) is 6.42 Å². The van der Waals surface area contributed by atoms with E-state index in [0.29, 0.717) is 12.1 Å². The summed E-state index contributed by atoms with van der Waals surface area (Å²) in [5.41, 5.74) is 1.57. The third kappa shape index (κ3) is 4.40. The lowest BCUT2D eigenvalue weighted by Gasteiger charge is -2.04. The first-order chi connectivity index (χ1) is 7.08. The Morgan fingerprint density at radius 1 is 1.53 bits per heavy atom. The van der Waals surface area contributed by atoms with Crippen LogP contribution in [0.2, 0.25) is 0 Å². The van der Waals surface area contributed by atoms with Gasteiger partial charge in [-0.2, -0.15) is 0 Å². The minimum absolute atomic E-state index is 0.122. The fourth-order valence-corrected chi connectivity index (χ4v) is 1.14. The van der Waals surface area contributed by atoms with Crippen molar-refractivity contribution in [2.24, 2.45) is 0 Å². The molecule has 0 aliphatic heterocycles. The molecule has 0 unspecified atom stereocenters. The van der Waals surface area contributed by atoms with Crippen LogP contribution >= 0.6 is 0 Å². The van der Waals surface area contributed by atoms with E-state index in [-0.39, 0.29) is 18.1 Å². The number of carbonyl (C=O) groups is 1. The molecular weight excluding hydrogens is 193 g/mol. The van der Waals surface area contributed by atoms with E-state index in [1.807, 2.05) is 6.92 Å². The molecule has 0 spiro atoms. The van der Waals surface area contributed by atoms with Gasteiger partial charge in [-0.25, -0.2) is 4.39 Å². The van der Waals surface area contributed by atoms with Gasteiger partial charge in [-0.1, -0.05) is 24.3 Å². The van der Waals surface area contributed by atoms with E-state index in [1.54, 1.807) is 12.1 Å². The Hall–Kier alpha value is -1.64. The van der Waals surface area contributed by atoms with Gasteiger partial charge in [0, 0.05) is 6.54 Å². The highest BCUT2D eigenvalue weighted by molar-refractivity contribution is 5.78. The molecule has 1 aromatic carbocycles. The molecule has 1 aromatic rings. The van der Waals surface area contributed by atoms with E-state index in [1.165, 1.54) is 12.1 Å². The van der Waals surface area contributed by atoms with Crippen LogP contribution in [0.1, 0.15) is 12.5 Å². The second-order valence-corrected chi connectivity index (χ2v) is 3.54. The summed E-state index contributed by atoms with van der Waals surface area (Å²) in [6, 6.07) is 6.04. The normalized spacial score (nSPS) is 9.73. The topological polar surface area (TPSA) is 29.1 Å². The van der Waals surface area contributed by atoms with Crippen molar-refractivity contribution >= 4 is 5.91 Å². The molecule has 0 bridgehead atoms. The maximum absolute atomic E-state index is 12.8. The lowest BCUT2D eigenvalue weighted by Crippen LogP contribution is -2.26. The Labute approximate surface area is 88.8 Å². The molecule has 80 valence electrons. The van der Waals surface area contributed by atoms with E-state index in [4.69, 9.17) is 0 Å². The summed E-state index contributed by atoms with van der Waals surface area (Å²) in [6.07, 6.45) is 0.199. The van der Waals surface area contributed by atoms with Crippen LogP contribution in [0.5, 0.6) is 0 Å². The molecule has 2 nitrogen and oxygen atoms in total. The van der Waals surface area contributed by atoms with Crippen LogP contribution in [0.3, 0.4) is 0 Å². The Kier molecular flexibility index (Phi) is 4.03. The Morgan fingerprint density at radius 2 is 2.27 bits per heavy atom. The van der Waals surface area contributed by atoms with Crippen molar-refractivity contribution in [2.75, 3.05) is 6.54 Å². The highest BCUT2D eigenvalue weighted by Gasteiger charge is 2.03. The van der Waals surface area contributed by atoms with Gasteiger partial charge in [0.2, 0.25) is 5.91 Å². The standard InChI is InChI=1S/C12H14FNO/c1-9(2)8-14-12(15)7-10-4-3-5-11(13)6-10/h3-6H,1,7-8H2,2H3,(H,14,15). The Morgan fingerprint density at radius 3 is 2.87 bits per heavy atom. The van der Waals surface area contributed by atoms with Crippen LogP contribution in [-0.4, -0.2) is 12.5 Å². The van der Waals surface area contributed by atoms with Crippen molar-refractivity contribution in [3.63, 3.8) is 0 Å². The third-order valence-electron chi connectivity index (χ3n) is 1.84. The molecule has 15 heavy (non-hydrogen) atoms. The van der Waals surface area contributed by atoms with E-state index in [2.05, 4.69) is 11.9 Å².